The molecule has 2 aromatic carbocycles. The summed E-state index contributed by atoms with van der Waals surface area (Å²) in [5, 5.41) is 0.900. The van der Waals surface area contributed by atoms with Crippen LogP contribution in [0.25, 0.3) is 11.0 Å². The standard InChI is InChI=1S/C16H14F2N2O/c17-11-5-6-14(18)10(7-11)8-15(20-19)13-9-21-16-4-2-1-3-12(13)16/h1-7,9,15,20H,8,19H2. The normalized spacial score (nSPS) is 12.7. The van der Waals surface area contributed by atoms with Crippen molar-refractivity contribution in [2.45, 2.75) is 12.5 Å². The fraction of sp³-hybridized carbons (Fsp3) is 0.125. The molecule has 0 aliphatic heterocycles. The van der Waals surface area contributed by atoms with Crippen molar-refractivity contribution in [2.75, 3.05) is 0 Å². The summed E-state index contributed by atoms with van der Waals surface area (Å²) >= 11 is 0. The molecule has 0 aliphatic rings. The number of para-hydroxylation sites is 1. The van der Waals surface area contributed by atoms with Gasteiger partial charge in [-0.15, -0.1) is 0 Å². The first-order chi connectivity index (χ1) is 10.2. The van der Waals surface area contributed by atoms with Crippen LogP contribution in [0.2, 0.25) is 0 Å². The van der Waals surface area contributed by atoms with Crippen LogP contribution >= 0.6 is 0 Å². The summed E-state index contributed by atoms with van der Waals surface area (Å²) < 4.78 is 32.5. The highest BCUT2D eigenvalue weighted by atomic mass is 19.1. The maximum atomic E-state index is 13.8. The Hall–Kier alpha value is -2.24. The van der Waals surface area contributed by atoms with Crippen molar-refractivity contribution < 1.29 is 13.2 Å². The van der Waals surface area contributed by atoms with Crippen LogP contribution in [-0.4, -0.2) is 0 Å². The summed E-state index contributed by atoms with van der Waals surface area (Å²) in [6.45, 7) is 0. The van der Waals surface area contributed by atoms with Crippen molar-refractivity contribution in [2.24, 2.45) is 5.84 Å². The smallest absolute Gasteiger partial charge is 0.134 e. The van der Waals surface area contributed by atoms with Gasteiger partial charge in [-0.2, -0.15) is 0 Å². The molecular formula is C16H14F2N2O. The van der Waals surface area contributed by atoms with Crippen LogP contribution in [0, 0.1) is 11.6 Å². The molecular weight excluding hydrogens is 274 g/mol. The lowest BCUT2D eigenvalue weighted by atomic mass is 9.98. The molecule has 0 amide bonds. The van der Waals surface area contributed by atoms with E-state index in [1.165, 1.54) is 6.07 Å². The molecule has 3 aromatic rings. The van der Waals surface area contributed by atoms with Gasteiger partial charge in [0, 0.05) is 10.9 Å². The van der Waals surface area contributed by atoms with Gasteiger partial charge in [0.15, 0.2) is 0 Å². The summed E-state index contributed by atoms with van der Waals surface area (Å²) in [4.78, 5) is 0. The molecule has 0 saturated heterocycles. The number of hydrogen-bond donors (Lipinski definition) is 2. The Balaban J connectivity index is 1.97. The predicted octanol–water partition coefficient (Wildman–Crippen LogP) is 3.46. The zero-order valence-corrected chi connectivity index (χ0v) is 11.1. The van der Waals surface area contributed by atoms with Gasteiger partial charge in [0.25, 0.3) is 0 Å². The minimum Gasteiger partial charge on any atom is -0.464 e. The Morgan fingerprint density at radius 3 is 2.76 bits per heavy atom. The first kappa shape index (κ1) is 13.7. The second kappa shape index (κ2) is 5.63. The molecule has 1 atom stereocenters. The van der Waals surface area contributed by atoms with Crippen LogP contribution < -0.4 is 11.3 Å². The summed E-state index contributed by atoms with van der Waals surface area (Å²) in [5.74, 6) is 4.66. The zero-order chi connectivity index (χ0) is 14.8. The average molecular weight is 288 g/mol. The van der Waals surface area contributed by atoms with E-state index >= 15 is 0 Å². The average Bonchev–Trinajstić information content (AvgIpc) is 2.92. The molecule has 0 aliphatic carbocycles. The van der Waals surface area contributed by atoms with E-state index < -0.39 is 11.6 Å². The number of furan rings is 1. The summed E-state index contributed by atoms with van der Waals surface area (Å²) in [6, 6.07) is 10.5. The lowest BCUT2D eigenvalue weighted by molar-refractivity contribution is 0.515. The maximum Gasteiger partial charge on any atom is 0.134 e. The molecule has 3 rings (SSSR count). The van der Waals surface area contributed by atoms with Gasteiger partial charge in [0.05, 0.1) is 12.3 Å². The van der Waals surface area contributed by atoms with Crippen LogP contribution in [0.1, 0.15) is 17.2 Å². The van der Waals surface area contributed by atoms with Crippen molar-refractivity contribution in [3.63, 3.8) is 0 Å². The van der Waals surface area contributed by atoms with Crippen LogP contribution in [0.5, 0.6) is 0 Å². The second-order valence-corrected chi connectivity index (χ2v) is 4.85. The molecule has 1 aromatic heterocycles. The van der Waals surface area contributed by atoms with E-state index in [4.69, 9.17) is 10.3 Å². The third kappa shape index (κ3) is 2.66. The lowest BCUT2D eigenvalue weighted by Crippen LogP contribution is -2.29. The molecule has 0 radical (unpaired) electrons. The van der Waals surface area contributed by atoms with Crippen molar-refractivity contribution in [1.82, 2.24) is 5.43 Å². The van der Waals surface area contributed by atoms with E-state index in [0.29, 0.717) is 0 Å². The Morgan fingerprint density at radius 2 is 1.95 bits per heavy atom. The van der Waals surface area contributed by atoms with Crippen molar-refractivity contribution in [3.8, 4) is 0 Å². The van der Waals surface area contributed by atoms with E-state index in [1.807, 2.05) is 24.3 Å². The lowest BCUT2D eigenvalue weighted by Gasteiger charge is -2.15. The second-order valence-electron chi connectivity index (χ2n) is 4.85. The van der Waals surface area contributed by atoms with Gasteiger partial charge in [-0.3, -0.25) is 11.3 Å². The molecule has 1 heterocycles. The van der Waals surface area contributed by atoms with Gasteiger partial charge in [0.1, 0.15) is 17.2 Å². The van der Waals surface area contributed by atoms with Crippen LogP contribution in [0.4, 0.5) is 8.78 Å². The molecule has 0 fully saturated rings. The highest BCUT2D eigenvalue weighted by Gasteiger charge is 2.18. The van der Waals surface area contributed by atoms with Crippen molar-refractivity contribution in [1.29, 1.82) is 0 Å². The molecule has 0 bridgehead atoms. The molecule has 0 spiro atoms. The minimum absolute atomic E-state index is 0.226. The van der Waals surface area contributed by atoms with E-state index in [-0.39, 0.29) is 18.0 Å². The van der Waals surface area contributed by atoms with Gasteiger partial charge in [0.2, 0.25) is 0 Å². The maximum absolute atomic E-state index is 13.8. The Labute approximate surface area is 120 Å². The zero-order valence-electron chi connectivity index (χ0n) is 11.1. The molecule has 108 valence electrons. The van der Waals surface area contributed by atoms with Gasteiger partial charge in [-0.25, -0.2) is 8.78 Å². The van der Waals surface area contributed by atoms with Gasteiger partial charge >= 0.3 is 0 Å². The van der Waals surface area contributed by atoms with Gasteiger partial charge < -0.3 is 4.42 Å². The number of halogens is 2. The Kier molecular flexibility index (Phi) is 3.68. The molecule has 21 heavy (non-hydrogen) atoms. The van der Waals surface area contributed by atoms with Crippen LogP contribution in [0.3, 0.4) is 0 Å². The van der Waals surface area contributed by atoms with Gasteiger partial charge in [-0.1, -0.05) is 18.2 Å². The summed E-state index contributed by atoms with van der Waals surface area (Å²) in [6.07, 6.45) is 1.82. The van der Waals surface area contributed by atoms with Gasteiger partial charge in [-0.05, 0) is 36.2 Å². The number of hydrazine groups is 1. The largest absolute Gasteiger partial charge is 0.464 e. The highest BCUT2D eigenvalue weighted by molar-refractivity contribution is 5.81. The number of nitrogens with one attached hydrogen (secondary N) is 1. The highest BCUT2D eigenvalue weighted by Crippen LogP contribution is 2.28. The van der Waals surface area contributed by atoms with Crippen LogP contribution in [0.15, 0.2) is 53.1 Å². The third-order valence-corrected chi connectivity index (χ3v) is 3.52. The SMILES string of the molecule is NNC(Cc1cc(F)ccc1F)c1coc2ccccc12. The first-order valence-electron chi connectivity index (χ1n) is 6.55. The fourth-order valence-corrected chi connectivity index (χ4v) is 2.45. The number of hydrogen-bond acceptors (Lipinski definition) is 3. The monoisotopic (exact) mass is 288 g/mol. The molecule has 5 heteroatoms. The van der Waals surface area contributed by atoms with Crippen molar-refractivity contribution >= 4 is 11.0 Å². The third-order valence-electron chi connectivity index (χ3n) is 3.52. The van der Waals surface area contributed by atoms with E-state index in [9.17, 15) is 8.78 Å². The Morgan fingerprint density at radius 1 is 1.14 bits per heavy atom. The minimum atomic E-state index is -0.473. The van der Waals surface area contributed by atoms with E-state index in [0.717, 1.165) is 28.7 Å². The summed E-state index contributed by atoms with van der Waals surface area (Å²) in [7, 11) is 0. The Bertz CT molecular complexity index is 770. The number of fused-ring (bicyclic) bond motifs is 1. The first-order valence-corrected chi connectivity index (χ1v) is 6.55. The van der Waals surface area contributed by atoms with Crippen LogP contribution in [-0.2, 0) is 6.42 Å². The van der Waals surface area contributed by atoms with E-state index in [1.54, 1.807) is 6.26 Å². The topological polar surface area (TPSA) is 51.2 Å². The van der Waals surface area contributed by atoms with Crippen molar-refractivity contribution in [3.05, 3.63) is 71.5 Å². The quantitative estimate of drug-likeness (QED) is 0.571. The molecule has 3 N–H and O–H groups in total. The van der Waals surface area contributed by atoms with E-state index in [2.05, 4.69) is 5.43 Å². The predicted molar refractivity (Wildman–Crippen MR) is 76.3 cm³/mol. The number of nitrogens with two attached hydrogens (primary N) is 1. The fourth-order valence-electron chi connectivity index (χ4n) is 2.45. The number of benzene rings is 2. The molecule has 0 saturated carbocycles. The summed E-state index contributed by atoms with van der Waals surface area (Å²) in [5.41, 5.74) is 4.46. The number of rotatable bonds is 4. The molecule has 1 unspecified atom stereocenters. The molecule has 3 nitrogen and oxygen atoms in total.